The van der Waals surface area contributed by atoms with Crippen molar-refractivity contribution in [3.05, 3.63) is 29.8 Å². The predicted octanol–water partition coefficient (Wildman–Crippen LogP) is 1.50. The first kappa shape index (κ1) is 16.0. The summed E-state index contributed by atoms with van der Waals surface area (Å²) in [7, 11) is -3.77. The summed E-state index contributed by atoms with van der Waals surface area (Å²) in [6.45, 7) is 7.26. The Morgan fingerprint density at radius 2 is 1.80 bits per heavy atom. The van der Waals surface area contributed by atoms with Gasteiger partial charge in [-0.25, -0.2) is 18.1 Å². The summed E-state index contributed by atoms with van der Waals surface area (Å²) in [6.07, 6.45) is 1.67. The number of aliphatic imine (C=N–C) groups is 1. The number of nitriles is 1. The summed E-state index contributed by atoms with van der Waals surface area (Å²) in [5, 5.41) is 10.9. The maximum Gasteiger partial charge on any atom is 0.264 e. The number of hydrogen-bond acceptors (Lipinski definition) is 4. The molecule has 2 N–H and O–H groups in total. The molecule has 1 aromatic carbocycles. The lowest BCUT2D eigenvalue weighted by Gasteiger charge is -2.16. The van der Waals surface area contributed by atoms with E-state index < -0.39 is 15.6 Å². The van der Waals surface area contributed by atoms with Crippen LogP contribution in [0.15, 0.2) is 34.2 Å². The average molecular weight is 294 g/mol. The fraction of sp³-hybridized carbons (Fsp3) is 0.385. The number of sulfonamides is 1. The van der Waals surface area contributed by atoms with Crippen molar-refractivity contribution < 1.29 is 8.42 Å². The average Bonchev–Trinajstić information content (AvgIpc) is 2.26. The molecule has 0 aliphatic heterocycles. The van der Waals surface area contributed by atoms with Crippen LogP contribution in [0.3, 0.4) is 0 Å². The molecule has 0 aliphatic rings. The summed E-state index contributed by atoms with van der Waals surface area (Å²) < 4.78 is 26.6. The van der Waals surface area contributed by atoms with Crippen LogP contribution < -0.4 is 10.0 Å². The standard InChI is InChI=1S/C13H18N4O2S/c1-10-5-7-11(8-6-10)20(18,19)17-12(15-9-14)16-13(2,3)4/h5-8H,1-4H3,(H2,15,16,17). The van der Waals surface area contributed by atoms with Crippen LogP contribution in [-0.4, -0.2) is 19.9 Å². The molecule has 108 valence electrons. The second kappa shape index (κ2) is 5.92. The zero-order valence-electron chi connectivity index (χ0n) is 11.9. The van der Waals surface area contributed by atoms with E-state index in [1.54, 1.807) is 39.1 Å². The van der Waals surface area contributed by atoms with Crippen molar-refractivity contribution in [1.29, 1.82) is 5.26 Å². The Bertz CT molecular complexity index is 634. The molecule has 1 aromatic rings. The smallest absolute Gasteiger partial charge is 0.262 e. The maximum absolute atomic E-state index is 12.2. The monoisotopic (exact) mass is 294 g/mol. The lowest BCUT2D eigenvalue weighted by molar-refractivity contribution is 0.574. The van der Waals surface area contributed by atoms with Gasteiger partial charge in [-0.3, -0.25) is 5.32 Å². The molecule has 0 bridgehead atoms. The van der Waals surface area contributed by atoms with Crippen LogP contribution in [0, 0.1) is 18.4 Å². The number of aryl methyl sites for hydroxylation is 1. The Kier molecular flexibility index (Phi) is 4.73. The number of guanidine groups is 1. The van der Waals surface area contributed by atoms with E-state index in [9.17, 15) is 8.42 Å². The van der Waals surface area contributed by atoms with Crippen molar-refractivity contribution in [3.63, 3.8) is 0 Å². The van der Waals surface area contributed by atoms with E-state index in [2.05, 4.69) is 15.0 Å². The molecule has 1 rings (SSSR count). The van der Waals surface area contributed by atoms with Crippen molar-refractivity contribution >= 4 is 16.0 Å². The molecule has 0 unspecified atom stereocenters. The van der Waals surface area contributed by atoms with Crippen LogP contribution in [0.4, 0.5) is 0 Å². The predicted molar refractivity (Wildman–Crippen MR) is 77.4 cm³/mol. The van der Waals surface area contributed by atoms with Gasteiger partial charge in [-0.05, 0) is 39.8 Å². The van der Waals surface area contributed by atoms with Gasteiger partial charge in [0, 0.05) is 0 Å². The molecule has 0 aromatic heterocycles. The van der Waals surface area contributed by atoms with Crippen molar-refractivity contribution in [2.24, 2.45) is 4.99 Å². The van der Waals surface area contributed by atoms with Gasteiger partial charge in [0.15, 0.2) is 6.19 Å². The number of hydrogen-bond donors (Lipinski definition) is 2. The van der Waals surface area contributed by atoms with E-state index in [0.29, 0.717) is 0 Å². The Balaban J connectivity index is 3.07. The minimum Gasteiger partial charge on any atom is -0.262 e. The van der Waals surface area contributed by atoms with Crippen LogP contribution in [-0.2, 0) is 10.0 Å². The minimum absolute atomic E-state index is 0.0967. The largest absolute Gasteiger partial charge is 0.264 e. The van der Waals surface area contributed by atoms with Gasteiger partial charge in [-0.2, -0.15) is 5.26 Å². The van der Waals surface area contributed by atoms with Gasteiger partial charge in [0.05, 0.1) is 10.4 Å². The second-order valence-electron chi connectivity index (χ2n) is 5.29. The van der Waals surface area contributed by atoms with Crippen LogP contribution in [0.2, 0.25) is 0 Å². The van der Waals surface area contributed by atoms with Crippen LogP contribution in [0.25, 0.3) is 0 Å². The van der Waals surface area contributed by atoms with Crippen molar-refractivity contribution in [2.45, 2.75) is 38.1 Å². The molecular formula is C13H18N4O2S. The van der Waals surface area contributed by atoms with Gasteiger partial charge in [0.25, 0.3) is 10.0 Å². The Morgan fingerprint density at radius 1 is 1.25 bits per heavy atom. The van der Waals surface area contributed by atoms with E-state index in [1.807, 2.05) is 6.92 Å². The lowest BCUT2D eigenvalue weighted by atomic mass is 10.1. The molecule has 0 amide bonds. The van der Waals surface area contributed by atoms with Crippen LogP contribution in [0.5, 0.6) is 0 Å². The Labute approximate surface area is 119 Å². The number of rotatable bonds is 2. The van der Waals surface area contributed by atoms with Gasteiger partial charge in [-0.15, -0.1) is 0 Å². The molecule has 0 saturated heterocycles. The molecule has 0 aliphatic carbocycles. The highest BCUT2D eigenvalue weighted by Gasteiger charge is 2.18. The summed E-state index contributed by atoms with van der Waals surface area (Å²) in [5.41, 5.74) is 0.442. The highest BCUT2D eigenvalue weighted by atomic mass is 32.2. The van der Waals surface area contributed by atoms with Gasteiger partial charge in [0.2, 0.25) is 5.96 Å². The summed E-state index contributed by atoms with van der Waals surface area (Å²) in [4.78, 5) is 4.23. The van der Waals surface area contributed by atoms with E-state index >= 15 is 0 Å². The molecule has 0 fully saturated rings. The quantitative estimate of drug-likeness (QED) is 0.374. The highest BCUT2D eigenvalue weighted by Crippen LogP contribution is 2.11. The zero-order valence-corrected chi connectivity index (χ0v) is 12.7. The number of nitrogens with one attached hydrogen (secondary N) is 2. The second-order valence-corrected chi connectivity index (χ2v) is 6.97. The molecule has 6 nitrogen and oxygen atoms in total. The molecule has 0 saturated carbocycles. The molecule has 20 heavy (non-hydrogen) atoms. The van der Waals surface area contributed by atoms with Crippen LogP contribution >= 0.6 is 0 Å². The molecule has 7 heteroatoms. The van der Waals surface area contributed by atoms with Crippen molar-refractivity contribution in [3.8, 4) is 6.19 Å². The SMILES string of the molecule is Cc1ccc(S(=O)(=O)NC(=NC(C)(C)C)NC#N)cc1. The van der Waals surface area contributed by atoms with E-state index in [-0.39, 0.29) is 10.9 Å². The summed E-state index contributed by atoms with van der Waals surface area (Å²) >= 11 is 0. The third kappa shape index (κ3) is 4.90. The van der Waals surface area contributed by atoms with Gasteiger partial charge in [-0.1, -0.05) is 17.7 Å². The first-order valence-corrected chi connectivity index (χ1v) is 7.47. The van der Waals surface area contributed by atoms with Gasteiger partial charge >= 0.3 is 0 Å². The van der Waals surface area contributed by atoms with E-state index in [4.69, 9.17) is 5.26 Å². The third-order valence-electron chi connectivity index (χ3n) is 2.18. The van der Waals surface area contributed by atoms with Gasteiger partial charge in [0.1, 0.15) is 0 Å². The van der Waals surface area contributed by atoms with E-state index in [1.165, 1.54) is 12.1 Å². The van der Waals surface area contributed by atoms with Crippen molar-refractivity contribution in [2.75, 3.05) is 0 Å². The Morgan fingerprint density at radius 3 is 2.25 bits per heavy atom. The molecule has 0 atom stereocenters. The number of benzene rings is 1. The summed E-state index contributed by atoms with van der Waals surface area (Å²) in [5.74, 6) is -0.0967. The Hall–Kier alpha value is -2.07. The van der Waals surface area contributed by atoms with Crippen LogP contribution in [0.1, 0.15) is 26.3 Å². The van der Waals surface area contributed by atoms with E-state index in [0.717, 1.165) is 5.56 Å². The minimum atomic E-state index is -3.77. The highest BCUT2D eigenvalue weighted by molar-refractivity contribution is 7.90. The molecule has 0 radical (unpaired) electrons. The maximum atomic E-state index is 12.2. The number of nitrogens with zero attached hydrogens (tertiary/aromatic N) is 2. The first-order chi connectivity index (χ1) is 9.14. The fourth-order valence-electron chi connectivity index (χ4n) is 1.37. The van der Waals surface area contributed by atoms with Gasteiger partial charge < -0.3 is 0 Å². The molecule has 0 spiro atoms. The fourth-order valence-corrected chi connectivity index (χ4v) is 2.33. The summed E-state index contributed by atoms with van der Waals surface area (Å²) in [6, 6.07) is 6.40. The molecular weight excluding hydrogens is 276 g/mol. The topological polar surface area (TPSA) is 94.3 Å². The first-order valence-electron chi connectivity index (χ1n) is 5.98. The zero-order chi connectivity index (χ0) is 15.4. The molecule has 0 heterocycles. The van der Waals surface area contributed by atoms with Crippen molar-refractivity contribution in [1.82, 2.24) is 10.0 Å². The lowest BCUT2D eigenvalue weighted by Crippen LogP contribution is -2.40. The normalized spacial score (nSPS) is 12.7. The third-order valence-corrected chi connectivity index (χ3v) is 3.54.